The minimum absolute atomic E-state index is 0. The largest absolute Gasteiger partial charge is 0.253 e. The zero-order chi connectivity index (χ0) is 11.1. The van der Waals surface area contributed by atoms with Crippen molar-refractivity contribution in [3.8, 4) is 0 Å². The van der Waals surface area contributed by atoms with Crippen molar-refractivity contribution in [2.75, 3.05) is 0 Å². The Kier molecular flexibility index (Phi) is 3.39. The topological polar surface area (TPSA) is 12.9 Å². The van der Waals surface area contributed by atoms with Gasteiger partial charge in [-0.25, -0.2) is 0 Å². The summed E-state index contributed by atoms with van der Waals surface area (Å²) in [5.74, 6) is 0.814. The van der Waals surface area contributed by atoms with Crippen LogP contribution in [0.3, 0.4) is 0 Å². The molecule has 1 unspecified atom stereocenters. The van der Waals surface area contributed by atoms with Crippen molar-refractivity contribution in [2.24, 2.45) is 5.92 Å². The molecule has 1 heterocycles. The molecule has 0 saturated carbocycles. The van der Waals surface area contributed by atoms with Gasteiger partial charge in [-0.15, -0.1) is 12.4 Å². The second kappa shape index (κ2) is 4.66. The average molecular weight is 248 g/mol. The number of hydrogen-bond acceptors (Lipinski definition) is 1. The predicted molar refractivity (Wildman–Crippen MR) is 74.9 cm³/mol. The minimum Gasteiger partial charge on any atom is -0.253 e. The van der Waals surface area contributed by atoms with Gasteiger partial charge in [-0.05, 0) is 49.3 Å². The van der Waals surface area contributed by atoms with Crippen LogP contribution in [-0.2, 0) is 12.8 Å². The molecule has 3 rings (SSSR count). The number of hydrogen-bond donors (Lipinski definition) is 0. The van der Waals surface area contributed by atoms with E-state index in [1.807, 2.05) is 0 Å². The summed E-state index contributed by atoms with van der Waals surface area (Å²) in [5.41, 5.74) is 5.47. The van der Waals surface area contributed by atoms with Gasteiger partial charge in [0, 0.05) is 11.1 Å². The van der Waals surface area contributed by atoms with E-state index < -0.39 is 0 Å². The van der Waals surface area contributed by atoms with Gasteiger partial charge in [0.1, 0.15) is 0 Å². The summed E-state index contributed by atoms with van der Waals surface area (Å²) in [6.45, 7) is 4.60. The molecule has 90 valence electrons. The first-order valence-corrected chi connectivity index (χ1v) is 6.13. The maximum Gasteiger partial charge on any atom is 0.0708 e. The normalized spacial score (nSPS) is 18.6. The highest BCUT2D eigenvalue weighted by atomic mass is 35.5. The molecule has 2 heteroatoms. The molecule has 1 aromatic heterocycles. The Morgan fingerprint density at radius 3 is 2.82 bits per heavy atom. The van der Waals surface area contributed by atoms with Crippen LogP contribution >= 0.6 is 12.4 Å². The van der Waals surface area contributed by atoms with Gasteiger partial charge >= 0.3 is 0 Å². The molecule has 1 aromatic carbocycles. The van der Waals surface area contributed by atoms with Crippen molar-refractivity contribution in [3.05, 3.63) is 41.1 Å². The Bertz CT molecular complexity index is 548. The second-order valence-corrected chi connectivity index (χ2v) is 5.03. The third-order valence-electron chi connectivity index (χ3n) is 3.79. The monoisotopic (exact) mass is 247 g/mol. The molecule has 1 nitrogen and oxygen atoms in total. The van der Waals surface area contributed by atoms with Crippen LogP contribution in [0.4, 0.5) is 0 Å². The third kappa shape index (κ3) is 2.04. The van der Waals surface area contributed by atoms with E-state index in [-0.39, 0.29) is 12.4 Å². The predicted octanol–water partition coefficient (Wildman–Crippen LogP) is 4.09. The second-order valence-electron chi connectivity index (χ2n) is 5.03. The number of aryl methyl sites for hydroxylation is 2. The fourth-order valence-electron chi connectivity index (χ4n) is 2.79. The van der Waals surface area contributed by atoms with Gasteiger partial charge in [0.15, 0.2) is 0 Å². The van der Waals surface area contributed by atoms with Crippen LogP contribution in [0.2, 0.25) is 0 Å². The van der Waals surface area contributed by atoms with Crippen molar-refractivity contribution >= 4 is 23.3 Å². The van der Waals surface area contributed by atoms with Gasteiger partial charge in [0.25, 0.3) is 0 Å². The smallest absolute Gasteiger partial charge is 0.0708 e. The SMILES string of the molecule is Cc1c2c(nc3ccccc13)CCC(C)C2.Cl. The first kappa shape index (κ1) is 12.4. The summed E-state index contributed by atoms with van der Waals surface area (Å²) in [6, 6.07) is 8.50. The molecule has 0 N–H and O–H groups in total. The quantitative estimate of drug-likeness (QED) is 0.683. The maximum absolute atomic E-state index is 4.81. The zero-order valence-electron chi connectivity index (χ0n) is 10.4. The Morgan fingerprint density at radius 1 is 1.24 bits per heavy atom. The first-order chi connectivity index (χ1) is 7.75. The number of para-hydroxylation sites is 1. The summed E-state index contributed by atoms with van der Waals surface area (Å²) in [5, 5.41) is 1.33. The molecule has 0 saturated heterocycles. The molecule has 17 heavy (non-hydrogen) atoms. The number of rotatable bonds is 0. The maximum atomic E-state index is 4.81. The van der Waals surface area contributed by atoms with Crippen molar-refractivity contribution in [1.82, 2.24) is 4.98 Å². The van der Waals surface area contributed by atoms with Crippen LogP contribution in [-0.4, -0.2) is 4.98 Å². The molecule has 2 aromatic rings. The van der Waals surface area contributed by atoms with E-state index >= 15 is 0 Å². The first-order valence-electron chi connectivity index (χ1n) is 6.13. The standard InChI is InChI=1S/C15H17N.ClH/c1-10-7-8-15-13(9-10)11(2)12-5-3-4-6-14(12)16-15;/h3-6,10H,7-9H2,1-2H3;1H. The van der Waals surface area contributed by atoms with E-state index in [0.717, 1.165) is 17.9 Å². The van der Waals surface area contributed by atoms with E-state index in [4.69, 9.17) is 4.98 Å². The summed E-state index contributed by atoms with van der Waals surface area (Å²) in [7, 11) is 0. The molecule has 0 fully saturated rings. The van der Waals surface area contributed by atoms with Gasteiger partial charge in [-0.1, -0.05) is 25.1 Å². The molecule has 0 aliphatic heterocycles. The van der Waals surface area contributed by atoms with Gasteiger partial charge in [0.05, 0.1) is 5.52 Å². The van der Waals surface area contributed by atoms with Crippen LogP contribution in [0.1, 0.15) is 30.2 Å². The molecular weight excluding hydrogens is 230 g/mol. The number of fused-ring (bicyclic) bond motifs is 2. The van der Waals surface area contributed by atoms with Gasteiger partial charge in [-0.2, -0.15) is 0 Å². The molecule has 0 amide bonds. The highest BCUT2D eigenvalue weighted by Crippen LogP contribution is 2.30. The Labute approximate surface area is 109 Å². The van der Waals surface area contributed by atoms with Crippen LogP contribution in [0.25, 0.3) is 10.9 Å². The highest BCUT2D eigenvalue weighted by molar-refractivity contribution is 5.85. The number of halogens is 1. The number of aromatic nitrogens is 1. The Hall–Kier alpha value is -1.08. The van der Waals surface area contributed by atoms with E-state index in [1.54, 1.807) is 0 Å². The lowest BCUT2D eigenvalue weighted by Crippen LogP contribution is -2.14. The van der Waals surface area contributed by atoms with Gasteiger partial charge < -0.3 is 0 Å². The Balaban J connectivity index is 0.00000108. The van der Waals surface area contributed by atoms with E-state index in [9.17, 15) is 0 Å². The van der Waals surface area contributed by atoms with E-state index in [0.29, 0.717) is 0 Å². The lowest BCUT2D eigenvalue weighted by atomic mass is 9.84. The lowest BCUT2D eigenvalue weighted by Gasteiger charge is -2.23. The Morgan fingerprint density at radius 2 is 2.00 bits per heavy atom. The van der Waals surface area contributed by atoms with Crippen LogP contribution in [0.5, 0.6) is 0 Å². The minimum atomic E-state index is 0. The summed E-state index contributed by atoms with van der Waals surface area (Å²) >= 11 is 0. The van der Waals surface area contributed by atoms with Crippen molar-refractivity contribution in [3.63, 3.8) is 0 Å². The molecule has 1 atom stereocenters. The average Bonchev–Trinajstić information content (AvgIpc) is 2.31. The third-order valence-corrected chi connectivity index (χ3v) is 3.79. The molecular formula is C15H18ClN. The molecule has 1 aliphatic carbocycles. The van der Waals surface area contributed by atoms with Gasteiger partial charge in [0.2, 0.25) is 0 Å². The fourth-order valence-corrected chi connectivity index (χ4v) is 2.79. The van der Waals surface area contributed by atoms with E-state index in [2.05, 4.69) is 38.1 Å². The van der Waals surface area contributed by atoms with Crippen LogP contribution < -0.4 is 0 Å². The molecule has 0 bridgehead atoms. The molecule has 1 aliphatic rings. The fraction of sp³-hybridized carbons (Fsp3) is 0.400. The van der Waals surface area contributed by atoms with Crippen LogP contribution in [0, 0.1) is 12.8 Å². The zero-order valence-corrected chi connectivity index (χ0v) is 11.2. The number of pyridine rings is 1. The molecule has 0 radical (unpaired) electrons. The van der Waals surface area contributed by atoms with Crippen molar-refractivity contribution < 1.29 is 0 Å². The van der Waals surface area contributed by atoms with Crippen molar-refractivity contribution in [1.29, 1.82) is 0 Å². The number of benzene rings is 1. The summed E-state index contributed by atoms with van der Waals surface area (Å²) in [4.78, 5) is 4.81. The lowest BCUT2D eigenvalue weighted by molar-refractivity contribution is 0.493. The summed E-state index contributed by atoms with van der Waals surface area (Å²) in [6.07, 6.45) is 3.65. The van der Waals surface area contributed by atoms with Crippen molar-refractivity contribution in [2.45, 2.75) is 33.1 Å². The van der Waals surface area contributed by atoms with E-state index in [1.165, 1.54) is 35.0 Å². The molecule has 0 spiro atoms. The summed E-state index contributed by atoms with van der Waals surface area (Å²) < 4.78 is 0. The number of nitrogens with zero attached hydrogens (tertiary/aromatic N) is 1. The van der Waals surface area contributed by atoms with Gasteiger partial charge in [-0.3, -0.25) is 4.98 Å². The van der Waals surface area contributed by atoms with Crippen LogP contribution in [0.15, 0.2) is 24.3 Å². The highest BCUT2D eigenvalue weighted by Gasteiger charge is 2.19.